The number of benzene rings is 4. The van der Waals surface area contributed by atoms with Crippen LogP contribution >= 0.6 is 0 Å². The van der Waals surface area contributed by atoms with Gasteiger partial charge in [-0.25, -0.2) is 0 Å². The van der Waals surface area contributed by atoms with Crippen molar-refractivity contribution >= 4 is 27.0 Å². The van der Waals surface area contributed by atoms with E-state index in [1.54, 1.807) is 23.3 Å². The van der Waals surface area contributed by atoms with E-state index in [1.165, 1.54) is 71.6 Å². The van der Waals surface area contributed by atoms with Gasteiger partial charge in [0.2, 0.25) is 0 Å². The molecule has 0 radical (unpaired) electrons. The van der Waals surface area contributed by atoms with Crippen LogP contribution in [-0.2, 0) is 40.6 Å². The van der Waals surface area contributed by atoms with Crippen LogP contribution in [0.1, 0.15) is 96.0 Å². The first kappa shape index (κ1) is 43.9. The monoisotopic (exact) mass is 796 g/mol. The molecule has 0 spiro atoms. The summed E-state index contributed by atoms with van der Waals surface area (Å²) >= 11 is 1.74. The number of hydrogen-bond donors (Lipinski definition) is 0. The van der Waals surface area contributed by atoms with Crippen molar-refractivity contribution in [1.82, 2.24) is 0 Å². The van der Waals surface area contributed by atoms with Crippen molar-refractivity contribution in [3.63, 3.8) is 0 Å². The van der Waals surface area contributed by atoms with Crippen molar-refractivity contribution in [2.45, 2.75) is 106 Å². The van der Waals surface area contributed by atoms with Crippen LogP contribution in [0.25, 0.3) is 43.8 Å². The fourth-order valence-corrected chi connectivity index (χ4v) is 6.12. The van der Waals surface area contributed by atoms with Crippen molar-refractivity contribution in [3.05, 3.63) is 131 Å². The van der Waals surface area contributed by atoms with E-state index < -0.39 is 0 Å². The molecule has 0 atom stereocenters. The van der Waals surface area contributed by atoms with Crippen LogP contribution in [0.3, 0.4) is 0 Å². The van der Waals surface area contributed by atoms with Crippen molar-refractivity contribution < 1.29 is 48.1 Å². The van der Waals surface area contributed by atoms with Gasteiger partial charge in [-0.15, -0.1) is 63.0 Å². The van der Waals surface area contributed by atoms with Crippen molar-refractivity contribution in [3.8, 4) is 22.3 Å². The van der Waals surface area contributed by atoms with Crippen molar-refractivity contribution in [1.29, 1.82) is 0 Å². The summed E-state index contributed by atoms with van der Waals surface area (Å²) in [5, 5.41) is 5.46. The molecule has 0 fully saturated rings. The average Bonchev–Trinajstić information content (AvgIpc) is 3.63. The number of halogens is 2. The standard InChI is InChI=1S/2C22H25.C2H6Si.2ClH.Zr/c1-15(2)18-13-17-7-6-8-20(21(17)14-18)16-9-11-19(12-10-16)22(3,4)5;1-6-16-13-18-11-15(2)12-20(18)21(14-16)17-7-9-19(10-8-17)22(3,4)5;1-3-2;;;/h6-15H,1-5H3;7-14H,6H2,1-5H3;1-2H3;2*1H;/q2*-1;;;;+2/p-2. The second-order valence-electron chi connectivity index (χ2n) is 15.9. The summed E-state index contributed by atoms with van der Waals surface area (Å²) in [4.78, 5) is 0. The van der Waals surface area contributed by atoms with Gasteiger partial charge in [0.25, 0.3) is 0 Å². The second kappa shape index (κ2) is 18.5. The summed E-state index contributed by atoms with van der Waals surface area (Å²) < 4.78 is 0. The molecule has 0 aliphatic heterocycles. The van der Waals surface area contributed by atoms with E-state index in [9.17, 15) is 0 Å². The number of aryl methyl sites for hydroxylation is 2. The Bertz CT molecular complexity index is 1970. The Morgan fingerprint density at radius 2 is 1.12 bits per heavy atom. The van der Waals surface area contributed by atoms with Crippen LogP contribution < -0.4 is 24.8 Å². The molecule has 0 bridgehead atoms. The van der Waals surface area contributed by atoms with Crippen LogP contribution in [0.15, 0.2) is 103 Å². The number of hydrogen-bond acceptors (Lipinski definition) is 0. The topological polar surface area (TPSA) is 0 Å². The predicted molar refractivity (Wildman–Crippen MR) is 213 cm³/mol. The molecule has 6 aromatic rings. The van der Waals surface area contributed by atoms with Crippen LogP contribution in [0, 0.1) is 6.92 Å². The van der Waals surface area contributed by atoms with Crippen LogP contribution in [-0.4, -0.2) is 5.43 Å². The van der Waals surface area contributed by atoms with Gasteiger partial charge in [0.1, 0.15) is 0 Å². The molecule has 0 nitrogen and oxygen atoms in total. The quantitative estimate of drug-likeness (QED) is 0.126. The molecule has 6 aromatic carbocycles. The smallest absolute Gasteiger partial charge is 1.00 e. The molecule has 264 valence electrons. The van der Waals surface area contributed by atoms with Crippen molar-refractivity contribution in [2.75, 3.05) is 0 Å². The fraction of sp³-hybridized carbons (Fsp3) is 0.348. The first-order chi connectivity index (χ1) is 22.5. The third kappa shape index (κ3) is 11.4. The Balaban J connectivity index is 0.000000303. The number of fused-ring (bicyclic) bond motifs is 2. The van der Waals surface area contributed by atoms with E-state index in [-0.39, 0.29) is 41.1 Å². The van der Waals surface area contributed by atoms with Gasteiger partial charge in [-0.2, -0.15) is 12.1 Å². The summed E-state index contributed by atoms with van der Waals surface area (Å²) in [6, 6.07) is 38.7. The van der Waals surface area contributed by atoms with Crippen LogP contribution in [0.5, 0.6) is 0 Å². The molecule has 6 rings (SSSR count). The van der Waals surface area contributed by atoms with Gasteiger partial charge in [0.05, 0.1) is 0 Å². The van der Waals surface area contributed by atoms with E-state index in [4.69, 9.17) is 0 Å². The molecule has 0 saturated carbocycles. The summed E-state index contributed by atoms with van der Waals surface area (Å²) in [6.45, 7) is 27.1. The largest absolute Gasteiger partial charge is 1.00 e. The Morgan fingerprint density at radius 1 is 0.640 bits per heavy atom. The molecule has 0 aliphatic carbocycles. The van der Waals surface area contributed by atoms with Crippen LogP contribution in [0.2, 0.25) is 13.1 Å². The van der Waals surface area contributed by atoms with E-state index in [0.717, 1.165) is 6.42 Å². The Hall–Kier alpha value is -2.22. The third-order valence-corrected chi connectivity index (χ3v) is 9.00. The van der Waals surface area contributed by atoms with Gasteiger partial charge in [-0.3, -0.25) is 0 Å². The molecule has 0 aliphatic rings. The summed E-state index contributed by atoms with van der Waals surface area (Å²) in [5.74, 6) is 0.573. The fourth-order valence-electron chi connectivity index (χ4n) is 6.12. The first-order valence-corrected chi connectivity index (χ1v) is 23.8. The van der Waals surface area contributed by atoms with Gasteiger partial charge in [-0.1, -0.05) is 147 Å². The molecule has 0 N–H and O–H groups in total. The molecule has 0 saturated heterocycles. The maximum Gasteiger partial charge on any atom is -1.00 e. The normalized spacial score (nSPS) is 11.3. The molecule has 4 heteroatoms. The maximum atomic E-state index is 2.36. The zero-order chi connectivity index (χ0) is 35.4. The summed E-state index contributed by atoms with van der Waals surface area (Å²) in [7, 11) is 0. The van der Waals surface area contributed by atoms with Gasteiger partial charge in [-0.05, 0) is 45.4 Å². The minimum absolute atomic E-state index is 0. The Kier molecular flexibility index (Phi) is 16.3. The minimum Gasteiger partial charge on any atom is -1.00 e. The molecule has 0 aromatic heterocycles. The van der Waals surface area contributed by atoms with Gasteiger partial charge < -0.3 is 24.8 Å². The average molecular weight is 799 g/mol. The van der Waals surface area contributed by atoms with E-state index >= 15 is 0 Å². The molecular weight excluding hydrogens is 743 g/mol. The first-order valence-electron chi connectivity index (χ1n) is 17.6. The number of rotatable bonds is 4. The molecule has 0 heterocycles. The summed E-state index contributed by atoms with van der Waals surface area (Å²) in [5.41, 5.74) is 12.9. The maximum absolute atomic E-state index is 2.36. The zero-order valence-corrected chi connectivity index (χ0v) is 37.3. The van der Waals surface area contributed by atoms with Gasteiger partial charge >= 0.3 is 41.9 Å². The SMILES string of the molecule is CC(C)c1cc2c(-c3ccc(C(C)(C)C)cc3)cccc2[cH-]1.CCc1cc(-c2ccc(C(C)(C)C)cc2)c2cc(C)[cH-]c2c1.C[Si](C)=[Zr+2].[Cl-].[Cl-]. The molecule has 0 unspecified atom stereocenters. The molecular formula is C46H56Cl2SiZr-2. The second-order valence-corrected chi connectivity index (χ2v) is 25.3. The molecule has 50 heavy (non-hydrogen) atoms. The van der Waals surface area contributed by atoms with Gasteiger partial charge in [0.15, 0.2) is 0 Å². The third-order valence-electron chi connectivity index (χ3n) is 9.00. The Labute approximate surface area is 331 Å². The van der Waals surface area contributed by atoms with Crippen molar-refractivity contribution in [2.24, 2.45) is 0 Å². The van der Waals surface area contributed by atoms with Gasteiger partial charge in [0, 0.05) is 0 Å². The van der Waals surface area contributed by atoms with E-state index in [2.05, 4.69) is 185 Å². The van der Waals surface area contributed by atoms with E-state index in [1.807, 2.05) is 0 Å². The molecule has 0 amide bonds. The summed E-state index contributed by atoms with van der Waals surface area (Å²) in [6.07, 6.45) is 1.08. The zero-order valence-electron chi connectivity index (χ0n) is 32.4. The predicted octanol–water partition coefficient (Wildman–Crippen LogP) is 7.83. The minimum atomic E-state index is 0. The van der Waals surface area contributed by atoms with E-state index in [0.29, 0.717) is 5.92 Å². The van der Waals surface area contributed by atoms with Crippen LogP contribution in [0.4, 0.5) is 0 Å². The Morgan fingerprint density at radius 3 is 1.58 bits per heavy atom.